The van der Waals surface area contributed by atoms with Gasteiger partial charge < -0.3 is 14.4 Å². The van der Waals surface area contributed by atoms with Crippen LogP contribution in [-0.4, -0.2) is 46.5 Å². The number of hydrogen-bond acceptors (Lipinski definition) is 3. The quantitative estimate of drug-likeness (QED) is 0.845. The molecule has 5 nitrogen and oxygen atoms in total. The molecule has 0 unspecified atom stereocenters. The van der Waals surface area contributed by atoms with Gasteiger partial charge in [0, 0.05) is 50.6 Å². The highest BCUT2D eigenvalue weighted by atomic mass is 35.5. The molecule has 1 amide bonds. The summed E-state index contributed by atoms with van der Waals surface area (Å²) >= 11 is 12.0. The minimum atomic E-state index is -0.0545. The highest BCUT2D eigenvalue weighted by Gasteiger charge is 2.25. The third-order valence-corrected chi connectivity index (χ3v) is 4.35. The van der Waals surface area contributed by atoms with Gasteiger partial charge in [0.15, 0.2) is 0 Å². The summed E-state index contributed by atoms with van der Waals surface area (Å²) in [5.74, 6) is 0.873. The Morgan fingerprint density at radius 2 is 1.91 bits per heavy atom. The second-order valence-electron chi connectivity index (χ2n) is 5.24. The van der Waals surface area contributed by atoms with E-state index in [0.29, 0.717) is 28.7 Å². The van der Waals surface area contributed by atoms with Gasteiger partial charge in [0.1, 0.15) is 0 Å². The minimum Gasteiger partial charge on any atom is -0.339 e. The molecule has 0 saturated carbocycles. The Hall–Kier alpha value is -1.72. The average Bonchev–Trinajstić information content (AvgIpc) is 2.93. The number of aromatic nitrogens is 2. The highest BCUT2D eigenvalue weighted by molar-refractivity contribution is 6.36. The van der Waals surface area contributed by atoms with Gasteiger partial charge in [-0.2, -0.15) is 0 Å². The molecule has 1 fully saturated rings. The zero-order valence-electron chi connectivity index (χ0n) is 12.2. The topological polar surface area (TPSA) is 41.4 Å². The number of rotatable bonds is 2. The SMILES string of the molecule is Cn1ccnc1N1CCN(C(=O)c2ccc(Cl)cc2Cl)CC1. The largest absolute Gasteiger partial charge is 0.339 e. The van der Waals surface area contributed by atoms with E-state index in [9.17, 15) is 4.79 Å². The number of imidazole rings is 1. The van der Waals surface area contributed by atoms with Gasteiger partial charge in [-0.25, -0.2) is 4.98 Å². The van der Waals surface area contributed by atoms with Crippen molar-refractivity contribution in [3.63, 3.8) is 0 Å². The van der Waals surface area contributed by atoms with Gasteiger partial charge in [-0.05, 0) is 18.2 Å². The Bertz CT molecular complexity index is 693. The van der Waals surface area contributed by atoms with Crippen LogP contribution in [0.1, 0.15) is 10.4 Å². The maximum Gasteiger partial charge on any atom is 0.255 e. The monoisotopic (exact) mass is 338 g/mol. The van der Waals surface area contributed by atoms with E-state index in [1.165, 1.54) is 0 Å². The second-order valence-corrected chi connectivity index (χ2v) is 6.09. The van der Waals surface area contributed by atoms with E-state index in [1.54, 1.807) is 24.4 Å². The van der Waals surface area contributed by atoms with Crippen molar-refractivity contribution in [1.29, 1.82) is 0 Å². The van der Waals surface area contributed by atoms with Gasteiger partial charge in [0.05, 0.1) is 10.6 Å². The summed E-state index contributed by atoms with van der Waals surface area (Å²) in [5.41, 5.74) is 0.497. The first-order valence-corrected chi connectivity index (χ1v) is 7.78. The number of piperazine rings is 1. The van der Waals surface area contributed by atoms with Crippen LogP contribution in [0.3, 0.4) is 0 Å². The zero-order valence-corrected chi connectivity index (χ0v) is 13.7. The summed E-state index contributed by atoms with van der Waals surface area (Å²) in [7, 11) is 1.97. The molecule has 1 saturated heterocycles. The molecule has 0 spiro atoms. The van der Waals surface area contributed by atoms with Crippen LogP contribution in [0.25, 0.3) is 0 Å². The molecule has 7 heteroatoms. The van der Waals surface area contributed by atoms with Crippen molar-refractivity contribution in [3.8, 4) is 0 Å². The van der Waals surface area contributed by atoms with Crippen LogP contribution in [0, 0.1) is 0 Å². The fourth-order valence-electron chi connectivity index (χ4n) is 2.61. The lowest BCUT2D eigenvalue weighted by atomic mass is 10.2. The standard InChI is InChI=1S/C15H16Cl2N4O/c1-19-5-4-18-15(19)21-8-6-20(7-9-21)14(22)12-3-2-11(16)10-13(12)17/h2-5,10H,6-9H2,1H3. The Balaban J connectivity index is 1.68. The summed E-state index contributed by atoms with van der Waals surface area (Å²) in [6.45, 7) is 2.79. The molecule has 0 aliphatic carbocycles. The Morgan fingerprint density at radius 1 is 1.18 bits per heavy atom. The maximum absolute atomic E-state index is 12.6. The van der Waals surface area contributed by atoms with Crippen LogP contribution in [0.15, 0.2) is 30.6 Å². The number of halogens is 2. The van der Waals surface area contributed by atoms with E-state index in [4.69, 9.17) is 23.2 Å². The molecule has 1 aliphatic rings. The molecule has 3 rings (SSSR count). The molecular weight excluding hydrogens is 323 g/mol. The van der Waals surface area contributed by atoms with Crippen molar-refractivity contribution >= 4 is 35.1 Å². The van der Waals surface area contributed by atoms with E-state index < -0.39 is 0 Å². The number of benzene rings is 1. The molecule has 0 radical (unpaired) electrons. The van der Waals surface area contributed by atoms with Crippen LogP contribution in [0.2, 0.25) is 10.0 Å². The van der Waals surface area contributed by atoms with Crippen LogP contribution in [0.4, 0.5) is 5.95 Å². The van der Waals surface area contributed by atoms with Gasteiger partial charge in [0.2, 0.25) is 5.95 Å². The van der Waals surface area contributed by atoms with Crippen molar-refractivity contribution in [3.05, 3.63) is 46.2 Å². The number of carbonyl (C=O) groups excluding carboxylic acids is 1. The molecule has 22 heavy (non-hydrogen) atoms. The number of aryl methyl sites for hydroxylation is 1. The zero-order chi connectivity index (χ0) is 15.7. The number of nitrogens with zero attached hydrogens (tertiary/aromatic N) is 4. The van der Waals surface area contributed by atoms with Crippen molar-refractivity contribution in [2.24, 2.45) is 7.05 Å². The summed E-state index contributed by atoms with van der Waals surface area (Å²) in [4.78, 5) is 20.9. The number of carbonyl (C=O) groups is 1. The van der Waals surface area contributed by atoms with E-state index >= 15 is 0 Å². The normalized spacial score (nSPS) is 15.2. The molecular formula is C15H16Cl2N4O. The summed E-state index contributed by atoms with van der Waals surface area (Å²) in [5, 5.41) is 0.921. The highest BCUT2D eigenvalue weighted by Crippen LogP contribution is 2.23. The first-order chi connectivity index (χ1) is 10.6. The van der Waals surface area contributed by atoms with Crippen molar-refractivity contribution in [2.45, 2.75) is 0 Å². The molecule has 2 aromatic rings. The fourth-order valence-corrected chi connectivity index (χ4v) is 3.09. The first kappa shape index (κ1) is 15.2. The van der Waals surface area contributed by atoms with Gasteiger partial charge in [-0.3, -0.25) is 4.79 Å². The fraction of sp³-hybridized carbons (Fsp3) is 0.333. The number of anilines is 1. The Labute approximate surface area is 139 Å². The van der Waals surface area contributed by atoms with Crippen LogP contribution >= 0.6 is 23.2 Å². The molecule has 0 atom stereocenters. The van der Waals surface area contributed by atoms with Gasteiger partial charge in [-0.1, -0.05) is 23.2 Å². The Kier molecular flexibility index (Phi) is 4.27. The Morgan fingerprint density at radius 3 is 2.50 bits per heavy atom. The van der Waals surface area contributed by atoms with Gasteiger partial charge in [0.25, 0.3) is 5.91 Å². The minimum absolute atomic E-state index is 0.0545. The van der Waals surface area contributed by atoms with E-state index in [1.807, 2.05) is 22.7 Å². The van der Waals surface area contributed by atoms with Crippen molar-refractivity contribution in [2.75, 3.05) is 31.1 Å². The smallest absolute Gasteiger partial charge is 0.255 e. The summed E-state index contributed by atoms with van der Waals surface area (Å²) in [6, 6.07) is 4.96. The van der Waals surface area contributed by atoms with E-state index in [-0.39, 0.29) is 5.91 Å². The van der Waals surface area contributed by atoms with Crippen LogP contribution < -0.4 is 4.90 Å². The lowest BCUT2D eigenvalue weighted by Crippen LogP contribution is -2.49. The first-order valence-electron chi connectivity index (χ1n) is 7.03. The lowest BCUT2D eigenvalue weighted by molar-refractivity contribution is 0.0746. The summed E-state index contributed by atoms with van der Waals surface area (Å²) < 4.78 is 1.98. The third kappa shape index (κ3) is 2.91. The van der Waals surface area contributed by atoms with Gasteiger partial charge >= 0.3 is 0 Å². The predicted molar refractivity (Wildman–Crippen MR) is 87.8 cm³/mol. The van der Waals surface area contributed by atoms with Crippen LogP contribution in [-0.2, 0) is 7.05 Å². The van der Waals surface area contributed by atoms with Crippen molar-refractivity contribution in [1.82, 2.24) is 14.5 Å². The molecule has 1 aromatic carbocycles. The van der Waals surface area contributed by atoms with E-state index in [0.717, 1.165) is 19.0 Å². The molecule has 2 heterocycles. The third-order valence-electron chi connectivity index (χ3n) is 3.81. The van der Waals surface area contributed by atoms with Gasteiger partial charge in [-0.15, -0.1) is 0 Å². The molecule has 1 aliphatic heterocycles. The molecule has 0 N–H and O–H groups in total. The number of hydrogen-bond donors (Lipinski definition) is 0. The molecule has 116 valence electrons. The average molecular weight is 339 g/mol. The predicted octanol–water partition coefficient (Wildman–Crippen LogP) is 2.69. The lowest BCUT2D eigenvalue weighted by Gasteiger charge is -2.35. The maximum atomic E-state index is 12.6. The number of amides is 1. The summed E-state index contributed by atoms with van der Waals surface area (Å²) in [6.07, 6.45) is 3.70. The van der Waals surface area contributed by atoms with Crippen LogP contribution in [0.5, 0.6) is 0 Å². The second kappa shape index (κ2) is 6.18. The molecule has 0 bridgehead atoms. The van der Waals surface area contributed by atoms with E-state index in [2.05, 4.69) is 9.88 Å². The van der Waals surface area contributed by atoms with Crippen molar-refractivity contribution < 1.29 is 4.79 Å². The molecule has 1 aromatic heterocycles.